The molecule has 0 heterocycles. The summed E-state index contributed by atoms with van der Waals surface area (Å²) < 4.78 is 33.2. The molecule has 0 aliphatic rings. The molecule has 0 fully saturated rings. The lowest BCUT2D eigenvalue weighted by atomic mass is 10.0. The summed E-state index contributed by atoms with van der Waals surface area (Å²) in [5.74, 6) is -0.804. The zero-order valence-corrected chi connectivity index (χ0v) is 37.7. The number of esters is 2. The van der Waals surface area contributed by atoms with E-state index in [1.54, 1.807) is 7.05 Å². The van der Waals surface area contributed by atoms with Gasteiger partial charge in [-0.25, -0.2) is 4.57 Å². The van der Waals surface area contributed by atoms with Crippen LogP contribution in [-0.2, 0) is 32.7 Å². The van der Waals surface area contributed by atoms with Gasteiger partial charge in [0.05, 0.1) is 13.2 Å². The lowest BCUT2D eigenvalue weighted by Gasteiger charge is -2.20. The molecule has 0 aromatic rings. The zero-order valence-electron chi connectivity index (χ0n) is 36.9. The van der Waals surface area contributed by atoms with E-state index < -0.39 is 26.5 Å². The number of carbonyl (C=O) groups is 2. The molecule has 2 atom stereocenters. The number of phosphoric acid groups is 1. The van der Waals surface area contributed by atoms with Crippen LogP contribution in [0.2, 0.25) is 0 Å². The van der Waals surface area contributed by atoms with Crippen LogP contribution >= 0.6 is 7.82 Å². The fraction of sp³-hybridized carbons (Fsp3) is 0.913. The number of phosphoric ester groups is 1. The second kappa shape index (κ2) is 43.3. The Labute approximate surface area is 345 Å². The Balaban J connectivity index is 4.08. The zero-order chi connectivity index (χ0) is 41.1. The van der Waals surface area contributed by atoms with E-state index in [2.05, 4.69) is 31.3 Å². The summed E-state index contributed by atoms with van der Waals surface area (Å²) in [6, 6.07) is 0. The predicted octanol–water partition coefficient (Wildman–Crippen LogP) is 13.7. The van der Waals surface area contributed by atoms with E-state index in [-0.39, 0.29) is 25.6 Å². The maximum Gasteiger partial charge on any atom is 0.472 e. The lowest BCUT2D eigenvalue weighted by Crippen LogP contribution is -2.29. The number of carbonyl (C=O) groups excluding carboxylic acids is 2. The first kappa shape index (κ1) is 54.8. The van der Waals surface area contributed by atoms with E-state index in [9.17, 15) is 19.0 Å². The van der Waals surface area contributed by atoms with Gasteiger partial charge in [-0.05, 0) is 45.6 Å². The van der Waals surface area contributed by atoms with Gasteiger partial charge < -0.3 is 19.7 Å². The average Bonchev–Trinajstić information content (AvgIpc) is 3.18. The molecule has 0 aliphatic heterocycles. The molecule has 56 heavy (non-hydrogen) atoms. The summed E-state index contributed by atoms with van der Waals surface area (Å²) in [5, 5.41) is 2.83. The average molecular weight is 816 g/mol. The van der Waals surface area contributed by atoms with E-state index in [1.165, 1.54) is 148 Å². The van der Waals surface area contributed by atoms with E-state index >= 15 is 0 Å². The van der Waals surface area contributed by atoms with E-state index in [1.807, 2.05) is 0 Å². The number of hydrogen-bond acceptors (Lipinski definition) is 8. The predicted molar refractivity (Wildman–Crippen MR) is 234 cm³/mol. The molecule has 2 unspecified atom stereocenters. The maximum atomic E-state index is 12.6. The Morgan fingerprint density at radius 1 is 0.536 bits per heavy atom. The number of ether oxygens (including phenoxy) is 2. The second-order valence-corrected chi connectivity index (χ2v) is 17.4. The highest BCUT2D eigenvalue weighted by Crippen LogP contribution is 2.43. The third-order valence-corrected chi connectivity index (χ3v) is 11.4. The second-order valence-electron chi connectivity index (χ2n) is 15.9. The summed E-state index contributed by atoms with van der Waals surface area (Å²) in [7, 11) is -2.64. The number of likely N-dealkylation sites (N-methyl/N-ethyl adjacent to an activating group) is 1. The first-order valence-electron chi connectivity index (χ1n) is 23.6. The minimum atomic E-state index is -4.35. The van der Waals surface area contributed by atoms with Crippen molar-refractivity contribution in [3.63, 3.8) is 0 Å². The van der Waals surface area contributed by atoms with Crippen molar-refractivity contribution in [1.29, 1.82) is 0 Å². The van der Waals surface area contributed by atoms with E-state index in [0.717, 1.165) is 51.4 Å². The number of nitrogens with one attached hydrogen (secondary N) is 1. The van der Waals surface area contributed by atoms with Gasteiger partial charge in [0.15, 0.2) is 6.10 Å². The van der Waals surface area contributed by atoms with Gasteiger partial charge in [0.1, 0.15) is 6.61 Å². The van der Waals surface area contributed by atoms with Crippen LogP contribution < -0.4 is 5.32 Å². The van der Waals surface area contributed by atoms with Gasteiger partial charge in [-0.2, -0.15) is 0 Å². The highest BCUT2D eigenvalue weighted by Gasteiger charge is 2.26. The molecule has 0 rings (SSSR count). The highest BCUT2D eigenvalue weighted by atomic mass is 31.2. The Kier molecular flexibility index (Phi) is 42.4. The van der Waals surface area contributed by atoms with Crippen LogP contribution in [-0.4, -0.2) is 56.3 Å². The van der Waals surface area contributed by atoms with Crippen molar-refractivity contribution >= 4 is 19.8 Å². The van der Waals surface area contributed by atoms with Crippen LogP contribution in [0.25, 0.3) is 0 Å². The smallest absolute Gasteiger partial charge is 0.462 e. The normalized spacial score (nSPS) is 13.3. The molecule has 332 valence electrons. The van der Waals surface area contributed by atoms with Gasteiger partial charge in [0.25, 0.3) is 0 Å². The van der Waals surface area contributed by atoms with Crippen LogP contribution in [0.5, 0.6) is 0 Å². The van der Waals surface area contributed by atoms with Crippen molar-refractivity contribution in [2.45, 2.75) is 238 Å². The minimum absolute atomic E-state index is 0.0153. The number of unbranched alkanes of at least 4 members (excludes halogenated alkanes) is 29. The molecule has 0 saturated carbocycles. The maximum absolute atomic E-state index is 12.6. The van der Waals surface area contributed by atoms with Gasteiger partial charge in [-0.15, -0.1) is 0 Å². The molecular formula is C46H90NO8P. The molecule has 10 heteroatoms. The van der Waals surface area contributed by atoms with Crippen LogP contribution in [0.1, 0.15) is 232 Å². The molecule has 0 spiro atoms. The fourth-order valence-electron chi connectivity index (χ4n) is 6.78. The molecule has 0 bridgehead atoms. The quantitative estimate of drug-likeness (QED) is 0.0268. The first-order chi connectivity index (χ1) is 27.3. The van der Waals surface area contributed by atoms with Gasteiger partial charge in [-0.1, -0.05) is 193 Å². The van der Waals surface area contributed by atoms with Gasteiger partial charge in [0.2, 0.25) is 0 Å². The van der Waals surface area contributed by atoms with E-state index in [4.69, 9.17) is 18.5 Å². The Bertz CT molecular complexity index is 933. The van der Waals surface area contributed by atoms with Crippen molar-refractivity contribution in [3.8, 4) is 0 Å². The van der Waals surface area contributed by atoms with Crippen molar-refractivity contribution in [2.75, 3.05) is 33.4 Å². The summed E-state index contributed by atoms with van der Waals surface area (Å²) in [6.45, 7) is 4.24. The topological polar surface area (TPSA) is 120 Å². The third kappa shape index (κ3) is 42.4. The largest absolute Gasteiger partial charge is 0.472 e. The molecule has 0 amide bonds. The van der Waals surface area contributed by atoms with Crippen LogP contribution in [0.15, 0.2) is 12.2 Å². The molecule has 0 aromatic heterocycles. The van der Waals surface area contributed by atoms with Gasteiger partial charge in [0, 0.05) is 19.4 Å². The first-order valence-corrected chi connectivity index (χ1v) is 25.1. The Hall–Kier alpha value is -1.25. The summed E-state index contributed by atoms with van der Waals surface area (Å²) in [5.41, 5.74) is 0. The molecule has 0 saturated heterocycles. The number of rotatable bonds is 45. The molecule has 9 nitrogen and oxygen atoms in total. The lowest BCUT2D eigenvalue weighted by molar-refractivity contribution is -0.161. The van der Waals surface area contributed by atoms with E-state index in [0.29, 0.717) is 19.4 Å². The molecular weight excluding hydrogens is 725 g/mol. The number of hydrogen-bond donors (Lipinski definition) is 2. The minimum Gasteiger partial charge on any atom is -0.462 e. The summed E-state index contributed by atoms with van der Waals surface area (Å²) >= 11 is 0. The van der Waals surface area contributed by atoms with Crippen molar-refractivity contribution in [1.82, 2.24) is 5.32 Å². The monoisotopic (exact) mass is 816 g/mol. The van der Waals surface area contributed by atoms with Gasteiger partial charge >= 0.3 is 19.8 Å². The van der Waals surface area contributed by atoms with Gasteiger partial charge in [-0.3, -0.25) is 18.6 Å². The fourth-order valence-corrected chi connectivity index (χ4v) is 7.54. The van der Waals surface area contributed by atoms with Crippen LogP contribution in [0.4, 0.5) is 0 Å². The van der Waals surface area contributed by atoms with Crippen molar-refractivity contribution in [3.05, 3.63) is 12.2 Å². The van der Waals surface area contributed by atoms with Crippen LogP contribution in [0, 0.1) is 0 Å². The molecule has 0 radical (unpaired) electrons. The highest BCUT2D eigenvalue weighted by molar-refractivity contribution is 7.47. The van der Waals surface area contributed by atoms with Crippen molar-refractivity contribution < 1.29 is 37.6 Å². The Morgan fingerprint density at radius 3 is 1.34 bits per heavy atom. The van der Waals surface area contributed by atoms with Crippen molar-refractivity contribution in [2.24, 2.45) is 0 Å². The SMILES string of the molecule is CCCCCC/C=C\CCCCCCCC(=O)OC(COC(=O)CCCCCCCCCCCCCCCCCCCCCCC)COP(=O)(O)OCCNC. The van der Waals surface area contributed by atoms with Crippen LogP contribution in [0.3, 0.4) is 0 Å². The molecule has 0 aliphatic carbocycles. The Morgan fingerprint density at radius 2 is 0.911 bits per heavy atom. The molecule has 0 aromatic carbocycles. The summed E-state index contributed by atoms with van der Waals surface area (Å²) in [6.07, 6.45) is 44.0. The molecule has 2 N–H and O–H groups in total. The third-order valence-electron chi connectivity index (χ3n) is 10.4. The standard InChI is InChI=1S/C46H90NO8P/c1-4-6-8-10-12-14-16-18-19-20-21-22-23-24-25-27-28-30-32-34-36-38-45(48)52-42-44(43-54-56(50,51)53-41-40-47-3)55-46(49)39-37-35-33-31-29-26-17-15-13-11-9-7-5-2/h15,17,44,47H,4-14,16,18-43H2,1-3H3,(H,50,51)/b17-15-. The number of allylic oxidation sites excluding steroid dienone is 2. The summed E-state index contributed by atoms with van der Waals surface area (Å²) in [4.78, 5) is 35.1.